The first kappa shape index (κ1) is 18.5. The van der Waals surface area contributed by atoms with E-state index in [9.17, 15) is 0 Å². The number of benzene rings is 1. The minimum absolute atomic E-state index is 0.561. The van der Waals surface area contributed by atoms with Crippen LogP contribution in [0.5, 0.6) is 0 Å². The Morgan fingerprint density at radius 3 is 2.43 bits per heavy atom. The molecule has 1 unspecified atom stereocenters. The second-order valence-corrected chi connectivity index (χ2v) is 6.97. The molecule has 0 fully saturated rings. The van der Waals surface area contributed by atoms with Crippen LogP contribution in [-0.4, -0.2) is 42.6 Å². The molecule has 0 radical (unpaired) electrons. The van der Waals surface area contributed by atoms with Gasteiger partial charge in [-0.25, -0.2) is 0 Å². The molecule has 0 aliphatic rings. The van der Waals surface area contributed by atoms with Crippen molar-refractivity contribution in [2.24, 2.45) is 0 Å². The van der Waals surface area contributed by atoms with Crippen LogP contribution in [0.3, 0.4) is 0 Å². The second kappa shape index (κ2) is 10.3. The van der Waals surface area contributed by atoms with Crippen molar-refractivity contribution >= 4 is 11.8 Å². The van der Waals surface area contributed by atoms with Crippen LogP contribution < -0.4 is 5.32 Å². The van der Waals surface area contributed by atoms with Crippen LogP contribution in [-0.2, 0) is 13.0 Å². The first-order chi connectivity index (χ1) is 10.1. The van der Waals surface area contributed by atoms with Gasteiger partial charge >= 0.3 is 0 Å². The van der Waals surface area contributed by atoms with E-state index < -0.39 is 0 Å². The molecule has 1 N–H and O–H groups in total. The summed E-state index contributed by atoms with van der Waals surface area (Å²) >= 11 is 1.94. The largest absolute Gasteiger partial charge is 0.314 e. The summed E-state index contributed by atoms with van der Waals surface area (Å²) in [5.41, 5.74) is 2.96. The fraction of sp³-hybridized carbons (Fsp3) is 0.667. The van der Waals surface area contributed by atoms with E-state index >= 15 is 0 Å². The molecule has 1 aromatic carbocycles. The summed E-state index contributed by atoms with van der Waals surface area (Å²) in [7, 11) is 2.26. The van der Waals surface area contributed by atoms with Crippen LogP contribution in [0.1, 0.15) is 38.3 Å². The Labute approximate surface area is 135 Å². The van der Waals surface area contributed by atoms with Crippen molar-refractivity contribution in [1.29, 1.82) is 0 Å². The third kappa shape index (κ3) is 6.86. The highest BCUT2D eigenvalue weighted by Crippen LogP contribution is 2.16. The number of thioether (sulfide) groups is 1. The number of rotatable bonds is 10. The summed E-state index contributed by atoms with van der Waals surface area (Å²) in [6.07, 6.45) is 4.53. The van der Waals surface area contributed by atoms with Crippen molar-refractivity contribution < 1.29 is 0 Å². The zero-order valence-electron chi connectivity index (χ0n) is 14.4. The summed E-state index contributed by atoms with van der Waals surface area (Å²) in [4.78, 5) is 2.51. The van der Waals surface area contributed by atoms with Gasteiger partial charge in [0.15, 0.2) is 0 Å². The molecule has 0 amide bonds. The molecular weight excluding hydrogens is 276 g/mol. The molecule has 0 aromatic heterocycles. The average Bonchev–Trinajstić information content (AvgIpc) is 2.46. The monoisotopic (exact) mass is 308 g/mol. The zero-order chi connectivity index (χ0) is 15.7. The van der Waals surface area contributed by atoms with Crippen LogP contribution in [0.25, 0.3) is 0 Å². The molecule has 120 valence electrons. The van der Waals surface area contributed by atoms with E-state index in [2.05, 4.69) is 68.6 Å². The van der Waals surface area contributed by atoms with Gasteiger partial charge < -0.3 is 5.32 Å². The molecule has 0 aliphatic heterocycles. The second-order valence-electron chi connectivity index (χ2n) is 6.06. The molecule has 1 atom stereocenters. The fourth-order valence-corrected chi connectivity index (χ4v) is 3.47. The van der Waals surface area contributed by atoms with E-state index in [1.54, 1.807) is 0 Å². The number of hydrogen-bond donors (Lipinski definition) is 1. The molecule has 0 spiro atoms. The minimum atomic E-state index is 0.561. The van der Waals surface area contributed by atoms with Crippen molar-refractivity contribution in [1.82, 2.24) is 10.2 Å². The van der Waals surface area contributed by atoms with Gasteiger partial charge in [-0.2, -0.15) is 11.8 Å². The maximum absolute atomic E-state index is 3.51. The predicted molar refractivity (Wildman–Crippen MR) is 97.2 cm³/mol. The summed E-state index contributed by atoms with van der Waals surface area (Å²) in [5, 5.41) is 3.51. The lowest BCUT2D eigenvalue weighted by Crippen LogP contribution is -2.33. The molecule has 1 aromatic rings. The highest BCUT2D eigenvalue weighted by Gasteiger charge is 2.13. The van der Waals surface area contributed by atoms with Gasteiger partial charge in [0.25, 0.3) is 0 Å². The molecule has 21 heavy (non-hydrogen) atoms. The molecular formula is C18H32N2S. The summed E-state index contributed by atoms with van der Waals surface area (Å²) < 4.78 is 0. The van der Waals surface area contributed by atoms with Gasteiger partial charge in [-0.15, -0.1) is 0 Å². The molecule has 0 saturated heterocycles. The number of nitrogens with one attached hydrogen (secondary N) is 1. The summed E-state index contributed by atoms with van der Waals surface area (Å²) in [6, 6.07) is 10.1. The van der Waals surface area contributed by atoms with Crippen LogP contribution in [0.4, 0.5) is 0 Å². The maximum atomic E-state index is 3.51. The Morgan fingerprint density at radius 2 is 1.86 bits per heavy atom. The van der Waals surface area contributed by atoms with E-state index in [4.69, 9.17) is 0 Å². The van der Waals surface area contributed by atoms with Crippen molar-refractivity contribution in [2.75, 3.05) is 25.6 Å². The summed E-state index contributed by atoms with van der Waals surface area (Å²) in [6.45, 7) is 8.80. The van der Waals surface area contributed by atoms with Gasteiger partial charge in [0.1, 0.15) is 0 Å². The molecule has 2 nitrogen and oxygen atoms in total. The van der Waals surface area contributed by atoms with Gasteiger partial charge in [0.05, 0.1) is 0 Å². The van der Waals surface area contributed by atoms with Crippen LogP contribution in [0.2, 0.25) is 0 Å². The Balaban J connectivity index is 2.65. The van der Waals surface area contributed by atoms with E-state index in [1.165, 1.54) is 23.3 Å². The van der Waals surface area contributed by atoms with Gasteiger partial charge in [0.2, 0.25) is 0 Å². The van der Waals surface area contributed by atoms with Gasteiger partial charge in [-0.3, -0.25) is 4.90 Å². The van der Waals surface area contributed by atoms with Crippen molar-refractivity contribution in [3.8, 4) is 0 Å². The standard InChI is InChI=1S/C18H32N2S/c1-6-18(14-21-5)20(4)13-17-10-8-7-9-16(17)11-12-19-15(2)3/h7-10,15,18-19H,6,11-14H2,1-5H3. The number of nitrogens with zero attached hydrogens (tertiary/aromatic N) is 1. The predicted octanol–water partition coefficient (Wildman–Crippen LogP) is 3.80. The normalized spacial score (nSPS) is 13.1. The highest BCUT2D eigenvalue weighted by atomic mass is 32.2. The van der Waals surface area contributed by atoms with Crippen molar-refractivity contribution in [3.63, 3.8) is 0 Å². The van der Waals surface area contributed by atoms with Crippen LogP contribution in [0, 0.1) is 0 Å². The van der Waals surface area contributed by atoms with Crippen LogP contribution in [0.15, 0.2) is 24.3 Å². The van der Waals surface area contributed by atoms with Gasteiger partial charge in [-0.1, -0.05) is 45.0 Å². The molecule has 3 heteroatoms. The van der Waals surface area contributed by atoms with Gasteiger partial charge in [0, 0.05) is 24.4 Å². The van der Waals surface area contributed by atoms with E-state index in [0.29, 0.717) is 12.1 Å². The Morgan fingerprint density at radius 1 is 1.19 bits per heavy atom. The Bertz CT molecular complexity index is 393. The molecule has 0 heterocycles. The smallest absolute Gasteiger partial charge is 0.0236 e. The number of hydrogen-bond acceptors (Lipinski definition) is 3. The van der Waals surface area contributed by atoms with E-state index in [-0.39, 0.29) is 0 Å². The zero-order valence-corrected chi connectivity index (χ0v) is 15.2. The maximum Gasteiger partial charge on any atom is 0.0236 e. The summed E-state index contributed by atoms with van der Waals surface area (Å²) in [5.74, 6) is 1.21. The third-order valence-corrected chi connectivity index (χ3v) is 4.66. The fourth-order valence-electron chi connectivity index (χ4n) is 2.60. The Kier molecular flexibility index (Phi) is 9.05. The first-order valence-electron chi connectivity index (χ1n) is 8.07. The minimum Gasteiger partial charge on any atom is -0.314 e. The third-order valence-electron chi connectivity index (χ3n) is 3.94. The molecule has 1 rings (SSSR count). The van der Waals surface area contributed by atoms with Crippen molar-refractivity contribution in [2.45, 2.75) is 52.2 Å². The molecule has 0 bridgehead atoms. The lowest BCUT2D eigenvalue weighted by molar-refractivity contribution is 0.247. The Hall–Kier alpha value is -0.510. The highest BCUT2D eigenvalue weighted by molar-refractivity contribution is 7.98. The lowest BCUT2D eigenvalue weighted by atomic mass is 10.0. The average molecular weight is 309 g/mol. The lowest BCUT2D eigenvalue weighted by Gasteiger charge is -2.27. The SMILES string of the molecule is CCC(CSC)N(C)Cc1ccccc1CCNC(C)C. The van der Waals surface area contributed by atoms with E-state index in [0.717, 1.165) is 19.5 Å². The topological polar surface area (TPSA) is 15.3 Å². The molecule has 0 saturated carbocycles. The van der Waals surface area contributed by atoms with Crippen molar-refractivity contribution in [3.05, 3.63) is 35.4 Å². The van der Waals surface area contributed by atoms with Crippen LogP contribution >= 0.6 is 11.8 Å². The molecule has 0 aliphatic carbocycles. The first-order valence-corrected chi connectivity index (χ1v) is 9.47. The van der Waals surface area contributed by atoms with E-state index in [1.807, 2.05) is 11.8 Å². The quantitative estimate of drug-likeness (QED) is 0.708. The van der Waals surface area contributed by atoms with Gasteiger partial charge in [-0.05, 0) is 43.8 Å².